The highest BCUT2D eigenvalue weighted by Gasteiger charge is 2.30. The average molecular weight is 362 g/mol. The molecule has 0 bridgehead atoms. The molecule has 0 radical (unpaired) electrons. The monoisotopic (exact) mass is 362 g/mol. The topological polar surface area (TPSA) is 103 Å². The smallest absolute Gasteiger partial charge is 0.274 e. The van der Waals surface area contributed by atoms with Crippen LogP contribution in [0.15, 0.2) is 46.1 Å². The molecule has 9 heteroatoms. The van der Waals surface area contributed by atoms with E-state index in [2.05, 4.69) is 10.2 Å². The lowest BCUT2D eigenvalue weighted by Gasteiger charge is -2.33. The summed E-state index contributed by atoms with van der Waals surface area (Å²) in [7, 11) is -3.57. The van der Waals surface area contributed by atoms with Crippen molar-refractivity contribution in [3.8, 4) is 0 Å². The summed E-state index contributed by atoms with van der Waals surface area (Å²) >= 11 is 0. The molecule has 25 heavy (non-hydrogen) atoms. The minimum absolute atomic E-state index is 0.134. The fraction of sp³-hybridized carbons (Fsp3) is 0.312. The van der Waals surface area contributed by atoms with Gasteiger partial charge in [-0.05, 0) is 25.1 Å². The molecule has 1 N–H and O–H groups in total. The summed E-state index contributed by atoms with van der Waals surface area (Å²) in [6.45, 7) is 2.86. The fourth-order valence-corrected chi connectivity index (χ4v) is 4.04. The molecule has 0 spiro atoms. The Labute approximate surface area is 145 Å². The Morgan fingerprint density at radius 3 is 2.24 bits per heavy atom. The van der Waals surface area contributed by atoms with Crippen LogP contribution < -0.4 is 5.56 Å². The van der Waals surface area contributed by atoms with E-state index in [1.165, 1.54) is 21.3 Å². The van der Waals surface area contributed by atoms with Gasteiger partial charge in [-0.25, -0.2) is 13.5 Å². The zero-order chi connectivity index (χ0) is 18.0. The molecular weight excluding hydrogens is 344 g/mol. The lowest BCUT2D eigenvalue weighted by molar-refractivity contribution is 0.0690. The van der Waals surface area contributed by atoms with Gasteiger partial charge >= 0.3 is 0 Å². The van der Waals surface area contributed by atoms with Gasteiger partial charge in [0, 0.05) is 32.2 Å². The van der Waals surface area contributed by atoms with E-state index < -0.39 is 10.0 Å². The Bertz CT molecular complexity index is 909. The van der Waals surface area contributed by atoms with Gasteiger partial charge in [0.05, 0.1) is 4.90 Å². The summed E-state index contributed by atoms with van der Waals surface area (Å²) in [5, 5.41) is 5.94. The molecule has 8 nitrogen and oxygen atoms in total. The number of rotatable bonds is 3. The van der Waals surface area contributed by atoms with Crippen LogP contribution in [0, 0.1) is 6.92 Å². The predicted octanol–water partition coefficient (Wildman–Crippen LogP) is 0.225. The molecule has 1 aromatic carbocycles. The van der Waals surface area contributed by atoms with Crippen molar-refractivity contribution in [2.45, 2.75) is 11.8 Å². The van der Waals surface area contributed by atoms with Crippen LogP contribution in [0.25, 0.3) is 0 Å². The molecule has 2 aromatic rings. The number of carbonyl (C=O) groups excluding carboxylic acids is 1. The fourth-order valence-electron chi connectivity index (χ4n) is 2.62. The molecule has 0 saturated carbocycles. The third kappa shape index (κ3) is 3.62. The van der Waals surface area contributed by atoms with E-state index >= 15 is 0 Å². The van der Waals surface area contributed by atoms with Crippen molar-refractivity contribution in [1.82, 2.24) is 19.4 Å². The Morgan fingerprint density at radius 2 is 1.68 bits per heavy atom. The van der Waals surface area contributed by atoms with Crippen LogP contribution in [0.4, 0.5) is 0 Å². The Morgan fingerprint density at radius 1 is 1.04 bits per heavy atom. The maximum absolute atomic E-state index is 12.7. The highest BCUT2D eigenvalue weighted by molar-refractivity contribution is 7.89. The number of nitrogens with one attached hydrogen (secondary N) is 1. The van der Waals surface area contributed by atoms with Gasteiger partial charge in [-0.2, -0.15) is 9.40 Å². The Balaban J connectivity index is 1.69. The number of hydrogen-bond donors (Lipinski definition) is 1. The van der Waals surface area contributed by atoms with Gasteiger partial charge in [-0.15, -0.1) is 0 Å². The first-order valence-corrected chi connectivity index (χ1v) is 9.24. The first-order chi connectivity index (χ1) is 11.9. The van der Waals surface area contributed by atoms with Crippen molar-refractivity contribution in [3.63, 3.8) is 0 Å². The molecule has 1 aliphatic rings. The van der Waals surface area contributed by atoms with Crippen LogP contribution in [0.2, 0.25) is 0 Å². The van der Waals surface area contributed by atoms with Crippen LogP contribution in [-0.4, -0.2) is 59.9 Å². The number of aryl methyl sites for hydroxylation is 1. The third-order valence-electron chi connectivity index (χ3n) is 4.08. The summed E-state index contributed by atoms with van der Waals surface area (Å²) < 4.78 is 26.7. The van der Waals surface area contributed by atoms with Crippen molar-refractivity contribution in [2.24, 2.45) is 0 Å². The molecule has 132 valence electrons. The van der Waals surface area contributed by atoms with Gasteiger partial charge in [0.15, 0.2) is 0 Å². The number of piperazine rings is 1. The SMILES string of the molecule is Cc1ccc(S(=O)(=O)N2CCN(C(=O)c3ccc(=O)[nH]n3)CC2)cc1. The summed E-state index contributed by atoms with van der Waals surface area (Å²) in [6, 6.07) is 9.29. The van der Waals surface area contributed by atoms with E-state index in [0.29, 0.717) is 0 Å². The van der Waals surface area contributed by atoms with Gasteiger partial charge in [0.2, 0.25) is 10.0 Å². The largest absolute Gasteiger partial charge is 0.335 e. The number of benzene rings is 1. The van der Waals surface area contributed by atoms with Gasteiger partial charge in [-0.3, -0.25) is 9.59 Å². The van der Waals surface area contributed by atoms with E-state index in [9.17, 15) is 18.0 Å². The number of sulfonamides is 1. The van der Waals surface area contributed by atoms with Crippen molar-refractivity contribution in [2.75, 3.05) is 26.2 Å². The summed E-state index contributed by atoms with van der Waals surface area (Å²) in [5.74, 6) is -0.330. The van der Waals surface area contributed by atoms with Crippen LogP contribution in [0.3, 0.4) is 0 Å². The number of H-pyrrole nitrogens is 1. The molecule has 3 rings (SSSR count). The summed E-state index contributed by atoms with van der Waals surface area (Å²) in [5.41, 5.74) is 0.739. The van der Waals surface area contributed by atoms with E-state index in [1.54, 1.807) is 24.3 Å². The number of hydrogen-bond acceptors (Lipinski definition) is 5. The third-order valence-corrected chi connectivity index (χ3v) is 6.00. The highest BCUT2D eigenvalue weighted by Crippen LogP contribution is 2.18. The molecular formula is C16H18N4O4S. The van der Waals surface area contributed by atoms with E-state index in [-0.39, 0.29) is 48.2 Å². The average Bonchev–Trinajstić information content (AvgIpc) is 2.62. The molecule has 2 heterocycles. The number of carbonyl (C=O) groups is 1. The zero-order valence-electron chi connectivity index (χ0n) is 13.7. The molecule has 1 amide bonds. The zero-order valence-corrected chi connectivity index (χ0v) is 14.5. The van der Waals surface area contributed by atoms with Gasteiger partial charge in [-0.1, -0.05) is 17.7 Å². The van der Waals surface area contributed by atoms with E-state index in [1.807, 2.05) is 6.92 Å². The highest BCUT2D eigenvalue weighted by atomic mass is 32.2. The predicted molar refractivity (Wildman–Crippen MR) is 90.7 cm³/mol. The van der Waals surface area contributed by atoms with Crippen molar-refractivity contribution >= 4 is 15.9 Å². The number of amides is 1. The normalized spacial score (nSPS) is 16.0. The first kappa shape index (κ1) is 17.3. The number of aromatic amines is 1. The maximum Gasteiger partial charge on any atom is 0.274 e. The molecule has 0 aliphatic carbocycles. The van der Waals surface area contributed by atoms with Crippen LogP contribution in [-0.2, 0) is 10.0 Å². The molecule has 1 aromatic heterocycles. The van der Waals surface area contributed by atoms with Gasteiger partial charge in [0.1, 0.15) is 5.69 Å². The van der Waals surface area contributed by atoms with Crippen molar-refractivity contribution in [1.29, 1.82) is 0 Å². The lowest BCUT2D eigenvalue weighted by atomic mass is 10.2. The number of nitrogens with zero attached hydrogens (tertiary/aromatic N) is 3. The minimum Gasteiger partial charge on any atom is -0.335 e. The number of aromatic nitrogens is 2. The molecule has 1 aliphatic heterocycles. The standard InChI is InChI=1S/C16H18N4O4S/c1-12-2-4-13(5-3-12)25(23,24)20-10-8-19(9-11-20)16(22)14-6-7-15(21)18-17-14/h2-7H,8-11H2,1H3,(H,18,21). The summed E-state index contributed by atoms with van der Waals surface area (Å²) in [4.78, 5) is 25.1. The van der Waals surface area contributed by atoms with Crippen molar-refractivity contribution < 1.29 is 13.2 Å². The van der Waals surface area contributed by atoms with Crippen LogP contribution >= 0.6 is 0 Å². The Hall–Kier alpha value is -2.52. The summed E-state index contributed by atoms with van der Waals surface area (Å²) in [6.07, 6.45) is 0. The quantitative estimate of drug-likeness (QED) is 0.842. The van der Waals surface area contributed by atoms with Crippen molar-refractivity contribution in [3.05, 3.63) is 58.0 Å². The molecule has 1 fully saturated rings. The maximum atomic E-state index is 12.7. The second-order valence-corrected chi connectivity index (χ2v) is 7.75. The van der Waals surface area contributed by atoms with E-state index in [0.717, 1.165) is 5.56 Å². The van der Waals surface area contributed by atoms with Crippen LogP contribution in [0.1, 0.15) is 16.1 Å². The van der Waals surface area contributed by atoms with E-state index in [4.69, 9.17) is 0 Å². The second kappa shape index (κ2) is 6.77. The van der Waals surface area contributed by atoms with Crippen LogP contribution in [0.5, 0.6) is 0 Å². The molecule has 0 unspecified atom stereocenters. The minimum atomic E-state index is -3.57. The van der Waals surface area contributed by atoms with Gasteiger partial charge < -0.3 is 4.90 Å². The lowest BCUT2D eigenvalue weighted by Crippen LogP contribution is -2.50. The van der Waals surface area contributed by atoms with Gasteiger partial charge in [0.25, 0.3) is 11.5 Å². The molecule has 0 atom stereocenters. The first-order valence-electron chi connectivity index (χ1n) is 7.80. The molecule has 1 saturated heterocycles. The Kier molecular flexibility index (Phi) is 4.69. The second-order valence-electron chi connectivity index (χ2n) is 5.82.